The first-order valence-corrected chi connectivity index (χ1v) is 4.40. The molecule has 0 bridgehead atoms. The van der Waals surface area contributed by atoms with Crippen LogP contribution in [0.1, 0.15) is 17.3 Å². The van der Waals surface area contributed by atoms with Crippen LogP contribution in [0.4, 0.5) is 11.4 Å². The van der Waals surface area contributed by atoms with Crippen molar-refractivity contribution in [3.05, 3.63) is 23.8 Å². The zero-order chi connectivity index (χ0) is 10.7. The lowest BCUT2D eigenvalue weighted by Crippen LogP contribution is -2.19. The summed E-state index contributed by atoms with van der Waals surface area (Å²) >= 11 is 0. The van der Waals surface area contributed by atoms with E-state index in [-0.39, 0.29) is 5.56 Å². The number of hydrogen-bond acceptors (Lipinski definition) is 3. The second kappa shape index (κ2) is 4.00. The minimum Gasteiger partial charge on any atom is -0.478 e. The van der Waals surface area contributed by atoms with Crippen molar-refractivity contribution in [3.63, 3.8) is 0 Å². The van der Waals surface area contributed by atoms with Gasteiger partial charge in [0, 0.05) is 19.3 Å². The first kappa shape index (κ1) is 10.4. The van der Waals surface area contributed by atoms with Gasteiger partial charge in [0.05, 0.1) is 11.3 Å². The van der Waals surface area contributed by atoms with Crippen molar-refractivity contribution in [3.8, 4) is 0 Å². The molecule has 0 aliphatic rings. The van der Waals surface area contributed by atoms with Gasteiger partial charge in [0.25, 0.3) is 0 Å². The Morgan fingerprint density at radius 1 is 1.57 bits per heavy atom. The van der Waals surface area contributed by atoms with Gasteiger partial charge >= 0.3 is 5.97 Å². The minimum absolute atomic E-state index is 0.245. The molecule has 0 aromatic heterocycles. The number of nitrogen functional groups attached to an aromatic ring is 1. The summed E-state index contributed by atoms with van der Waals surface area (Å²) in [4.78, 5) is 12.8. The number of carboxylic acid groups (broad SMARTS) is 1. The molecule has 3 N–H and O–H groups in total. The van der Waals surface area contributed by atoms with Crippen molar-refractivity contribution < 1.29 is 9.90 Å². The molecule has 0 amide bonds. The lowest BCUT2D eigenvalue weighted by atomic mass is 10.1. The maximum absolute atomic E-state index is 10.9. The molecule has 0 saturated carbocycles. The Hall–Kier alpha value is -1.71. The molecule has 0 unspecified atom stereocenters. The van der Waals surface area contributed by atoms with Crippen LogP contribution in [0, 0.1) is 0 Å². The fraction of sp³-hybridized carbons (Fsp3) is 0.300. The largest absolute Gasteiger partial charge is 0.478 e. The number of anilines is 2. The summed E-state index contributed by atoms with van der Waals surface area (Å²) in [5, 5.41) is 8.95. The van der Waals surface area contributed by atoms with Crippen LogP contribution in [-0.2, 0) is 0 Å². The van der Waals surface area contributed by atoms with Crippen LogP contribution in [0.2, 0.25) is 0 Å². The van der Waals surface area contributed by atoms with Crippen LogP contribution in [0.3, 0.4) is 0 Å². The molecule has 0 heterocycles. The topological polar surface area (TPSA) is 66.6 Å². The number of nitrogens with zero attached hydrogens (tertiary/aromatic N) is 1. The normalized spacial score (nSPS) is 9.86. The van der Waals surface area contributed by atoms with E-state index in [4.69, 9.17) is 10.8 Å². The standard InChI is InChI=1S/C10H14N2O2/c1-3-12(2)9-5-4-7(11)6-8(9)10(13)14/h4-6H,3,11H2,1-2H3,(H,13,14). The molecule has 1 rings (SSSR count). The molecule has 1 aromatic carbocycles. The number of hydrogen-bond donors (Lipinski definition) is 2. The third-order valence-corrected chi connectivity index (χ3v) is 2.14. The highest BCUT2D eigenvalue weighted by molar-refractivity contribution is 5.95. The molecular formula is C10H14N2O2. The van der Waals surface area contributed by atoms with Gasteiger partial charge < -0.3 is 15.7 Å². The maximum atomic E-state index is 10.9. The van der Waals surface area contributed by atoms with E-state index in [0.717, 1.165) is 6.54 Å². The van der Waals surface area contributed by atoms with Gasteiger partial charge in [0.1, 0.15) is 0 Å². The number of rotatable bonds is 3. The second-order valence-electron chi connectivity index (χ2n) is 3.10. The van der Waals surface area contributed by atoms with E-state index in [0.29, 0.717) is 11.4 Å². The van der Waals surface area contributed by atoms with Crippen molar-refractivity contribution in [2.45, 2.75) is 6.92 Å². The van der Waals surface area contributed by atoms with Gasteiger partial charge in [-0.15, -0.1) is 0 Å². The monoisotopic (exact) mass is 194 g/mol. The second-order valence-corrected chi connectivity index (χ2v) is 3.10. The fourth-order valence-electron chi connectivity index (χ4n) is 1.23. The molecule has 76 valence electrons. The number of aromatic carboxylic acids is 1. The van der Waals surface area contributed by atoms with Crippen LogP contribution < -0.4 is 10.6 Å². The van der Waals surface area contributed by atoms with Crippen LogP contribution in [0.15, 0.2) is 18.2 Å². The van der Waals surface area contributed by atoms with E-state index in [1.807, 2.05) is 18.9 Å². The Morgan fingerprint density at radius 2 is 2.21 bits per heavy atom. The summed E-state index contributed by atoms with van der Waals surface area (Å²) in [7, 11) is 1.85. The molecule has 0 fully saturated rings. The average molecular weight is 194 g/mol. The highest BCUT2D eigenvalue weighted by Crippen LogP contribution is 2.21. The fourth-order valence-corrected chi connectivity index (χ4v) is 1.23. The molecule has 0 aliphatic heterocycles. The van der Waals surface area contributed by atoms with Crippen LogP contribution in [0.25, 0.3) is 0 Å². The molecule has 0 spiro atoms. The summed E-state index contributed by atoms with van der Waals surface area (Å²) in [6.07, 6.45) is 0. The zero-order valence-electron chi connectivity index (χ0n) is 8.32. The Bertz CT molecular complexity index is 350. The minimum atomic E-state index is -0.951. The van der Waals surface area contributed by atoms with Crippen LogP contribution in [-0.4, -0.2) is 24.7 Å². The summed E-state index contributed by atoms with van der Waals surface area (Å²) in [5.74, 6) is -0.951. The number of nitrogens with two attached hydrogens (primary N) is 1. The van der Waals surface area contributed by atoms with E-state index in [1.165, 1.54) is 6.07 Å². The zero-order valence-corrected chi connectivity index (χ0v) is 8.32. The molecule has 0 radical (unpaired) electrons. The number of carboxylic acids is 1. The van der Waals surface area contributed by atoms with Gasteiger partial charge in [-0.1, -0.05) is 0 Å². The smallest absolute Gasteiger partial charge is 0.337 e. The molecule has 4 heteroatoms. The molecular weight excluding hydrogens is 180 g/mol. The quantitative estimate of drug-likeness (QED) is 0.714. The van der Waals surface area contributed by atoms with Crippen molar-refractivity contribution in [2.24, 2.45) is 0 Å². The molecule has 0 saturated heterocycles. The maximum Gasteiger partial charge on any atom is 0.337 e. The summed E-state index contributed by atoms with van der Waals surface area (Å²) in [6, 6.07) is 4.90. The average Bonchev–Trinajstić information content (AvgIpc) is 2.16. The Balaban J connectivity index is 3.21. The first-order chi connectivity index (χ1) is 6.56. The molecule has 14 heavy (non-hydrogen) atoms. The van der Waals surface area contributed by atoms with Crippen molar-refractivity contribution in [2.75, 3.05) is 24.2 Å². The van der Waals surface area contributed by atoms with Crippen molar-refractivity contribution in [1.29, 1.82) is 0 Å². The number of carbonyl (C=O) groups is 1. The summed E-state index contributed by atoms with van der Waals surface area (Å²) < 4.78 is 0. The summed E-state index contributed by atoms with van der Waals surface area (Å²) in [6.45, 7) is 2.71. The summed E-state index contributed by atoms with van der Waals surface area (Å²) in [5.41, 5.74) is 6.93. The van der Waals surface area contributed by atoms with Gasteiger partial charge in [-0.2, -0.15) is 0 Å². The highest BCUT2D eigenvalue weighted by Gasteiger charge is 2.12. The Labute approximate surface area is 82.9 Å². The van der Waals surface area contributed by atoms with E-state index in [9.17, 15) is 4.79 Å². The lowest BCUT2D eigenvalue weighted by Gasteiger charge is -2.19. The lowest BCUT2D eigenvalue weighted by molar-refractivity contribution is 0.0697. The third kappa shape index (κ3) is 1.96. The van der Waals surface area contributed by atoms with Gasteiger partial charge in [0.15, 0.2) is 0 Å². The molecule has 4 nitrogen and oxygen atoms in total. The van der Waals surface area contributed by atoms with Crippen molar-refractivity contribution in [1.82, 2.24) is 0 Å². The predicted octanol–water partition coefficient (Wildman–Crippen LogP) is 1.42. The SMILES string of the molecule is CCN(C)c1ccc(N)cc1C(=O)O. The Morgan fingerprint density at radius 3 is 2.71 bits per heavy atom. The highest BCUT2D eigenvalue weighted by atomic mass is 16.4. The van der Waals surface area contributed by atoms with Crippen LogP contribution in [0.5, 0.6) is 0 Å². The third-order valence-electron chi connectivity index (χ3n) is 2.14. The van der Waals surface area contributed by atoms with Gasteiger partial charge in [-0.25, -0.2) is 4.79 Å². The molecule has 1 aromatic rings. The first-order valence-electron chi connectivity index (χ1n) is 4.40. The van der Waals surface area contributed by atoms with Crippen molar-refractivity contribution >= 4 is 17.3 Å². The van der Waals surface area contributed by atoms with Gasteiger partial charge in [-0.05, 0) is 25.1 Å². The van der Waals surface area contributed by atoms with E-state index >= 15 is 0 Å². The van der Waals surface area contributed by atoms with E-state index < -0.39 is 5.97 Å². The van der Waals surface area contributed by atoms with E-state index in [2.05, 4.69) is 0 Å². The van der Waals surface area contributed by atoms with Gasteiger partial charge in [-0.3, -0.25) is 0 Å². The number of benzene rings is 1. The van der Waals surface area contributed by atoms with Crippen LogP contribution >= 0.6 is 0 Å². The molecule has 0 aliphatic carbocycles. The van der Waals surface area contributed by atoms with Gasteiger partial charge in [0.2, 0.25) is 0 Å². The Kier molecular flexibility index (Phi) is 2.96. The van der Waals surface area contributed by atoms with E-state index in [1.54, 1.807) is 12.1 Å². The predicted molar refractivity (Wildman–Crippen MR) is 56.8 cm³/mol. The molecule has 0 atom stereocenters.